The molecule has 0 spiro atoms. The van der Waals surface area contributed by atoms with Crippen LogP contribution in [0.3, 0.4) is 0 Å². The Kier molecular flexibility index (Phi) is 5.02. The second-order valence-electron chi connectivity index (χ2n) is 4.61. The van der Waals surface area contributed by atoms with Crippen LogP contribution < -0.4 is 19.9 Å². The van der Waals surface area contributed by atoms with E-state index in [1.54, 1.807) is 18.2 Å². The quantitative estimate of drug-likeness (QED) is 0.833. The van der Waals surface area contributed by atoms with Crippen molar-refractivity contribution < 1.29 is 24.1 Å². The Morgan fingerprint density at radius 2 is 1.78 bits per heavy atom. The minimum Gasteiger partial charge on any atom is -0.496 e. The highest BCUT2D eigenvalue weighted by atomic mass is 16.5. The fourth-order valence-electron chi connectivity index (χ4n) is 2.37. The number of carbonyl (C=O) groups excluding carboxylic acids is 1. The average molecular weight is 318 g/mol. The van der Waals surface area contributed by atoms with Crippen molar-refractivity contribution in [3.63, 3.8) is 0 Å². The van der Waals surface area contributed by atoms with Crippen molar-refractivity contribution in [3.8, 4) is 28.4 Å². The number of amides is 1. The van der Waals surface area contributed by atoms with E-state index in [9.17, 15) is 9.90 Å². The molecule has 23 heavy (non-hydrogen) atoms. The Labute approximate surface area is 133 Å². The molecule has 7 heteroatoms. The van der Waals surface area contributed by atoms with Crippen LogP contribution in [0.25, 0.3) is 11.1 Å². The Balaban J connectivity index is 2.81. The van der Waals surface area contributed by atoms with E-state index in [2.05, 4.69) is 4.98 Å². The van der Waals surface area contributed by atoms with Crippen molar-refractivity contribution in [1.29, 1.82) is 0 Å². The van der Waals surface area contributed by atoms with Gasteiger partial charge in [0.25, 0.3) is 5.91 Å². The first-order valence-electron chi connectivity index (χ1n) is 6.76. The first kappa shape index (κ1) is 16.6. The van der Waals surface area contributed by atoms with Crippen LogP contribution in [0.15, 0.2) is 24.4 Å². The second kappa shape index (κ2) is 6.97. The number of primary amides is 1. The maximum Gasteiger partial charge on any atom is 0.267 e. The molecule has 2 aromatic rings. The summed E-state index contributed by atoms with van der Waals surface area (Å²) >= 11 is 0. The third kappa shape index (κ3) is 3.04. The molecule has 0 radical (unpaired) electrons. The first-order chi connectivity index (χ1) is 11.1. The predicted molar refractivity (Wildman–Crippen MR) is 83.8 cm³/mol. The summed E-state index contributed by atoms with van der Waals surface area (Å²) in [5.74, 6) is 0.773. The predicted octanol–water partition coefficient (Wildman–Crippen LogP) is 1.37. The SMILES string of the molecule is COc1cc(OC)c(-c2ccnc(C(N)=O)c2CO)c(OC)c1. The number of aliphatic hydroxyl groups excluding tert-OH is 1. The van der Waals surface area contributed by atoms with Gasteiger partial charge in [-0.25, -0.2) is 0 Å². The van der Waals surface area contributed by atoms with Gasteiger partial charge in [-0.2, -0.15) is 0 Å². The van der Waals surface area contributed by atoms with Crippen molar-refractivity contribution in [2.24, 2.45) is 5.73 Å². The van der Waals surface area contributed by atoms with Gasteiger partial charge in [-0.3, -0.25) is 9.78 Å². The summed E-state index contributed by atoms with van der Waals surface area (Å²) < 4.78 is 16.0. The molecule has 0 bridgehead atoms. The van der Waals surface area contributed by atoms with Crippen molar-refractivity contribution >= 4 is 5.91 Å². The van der Waals surface area contributed by atoms with Crippen molar-refractivity contribution in [1.82, 2.24) is 4.98 Å². The lowest BCUT2D eigenvalue weighted by Crippen LogP contribution is -2.16. The summed E-state index contributed by atoms with van der Waals surface area (Å²) in [4.78, 5) is 15.5. The van der Waals surface area contributed by atoms with Crippen LogP contribution >= 0.6 is 0 Å². The van der Waals surface area contributed by atoms with Crippen LogP contribution in [-0.4, -0.2) is 37.3 Å². The monoisotopic (exact) mass is 318 g/mol. The summed E-state index contributed by atoms with van der Waals surface area (Å²) in [6, 6.07) is 5.03. The molecule has 1 aromatic heterocycles. The molecule has 0 unspecified atom stereocenters. The highest BCUT2D eigenvalue weighted by Crippen LogP contribution is 2.43. The molecule has 7 nitrogen and oxygen atoms in total. The van der Waals surface area contributed by atoms with Crippen molar-refractivity contribution in [2.45, 2.75) is 6.61 Å². The van der Waals surface area contributed by atoms with Gasteiger partial charge in [-0.05, 0) is 11.6 Å². The number of hydrogen-bond acceptors (Lipinski definition) is 6. The van der Waals surface area contributed by atoms with Gasteiger partial charge >= 0.3 is 0 Å². The molecule has 0 fully saturated rings. The standard InChI is InChI=1S/C16H18N2O5/c1-21-9-6-12(22-2)14(13(7-9)23-3)10-4-5-18-15(16(17)20)11(10)8-19/h4-7,19H,8H2,1-3H3,(H2,17,20). The zero-order valence-electron chi connectivity index (χ0n) is 13.1. The van der Waals surface area contributed by atoms with Crippen LogP contribution in [0.2, 0.25) is 0 Å². The topological polar surface area (TPSA) is 104 Å². The molecule has 3 N–H and O–H groups in total. The lowest BCUT2D eigenvalue weighted by molar-refractivity contribution is 0.0992. The number of methoxy groups -OCH3 is 3. The van der Waals surface area contributed by atoms with Gasteiger partial charge in [0.1, 0.15) is 22.9 Å². The third-order valence-electron chi connectivity index (χ3n) is 3.43. The van der Waals surface area contributed by atoms with E-state index in [-0.39, 0.29) is 5.69 Å². The molecule has 122 valence electrons. The number of nitrogens with two attached hydrogens (primary N) is 1. The molecule has 0 atom stereocenters. The largest absolute Gasteiger partial charge is 0.496 e. The smallest absolute Gasteiger partial charge is 0.267 e. The fraction of sp³-hybridized carbons (Fsp3) is 0.250. The number of ether oxygens (including phenoxy) is 3. The van der Waals surface area contributed by atoms with Gasteiger partial charge < -0.3 is 25.1 Å². The summed E-state index contributed by atoms with van der Waals surface area (Å²) in [6.07, 6.45) is 1.44. The molecule has 1 heterocycles. The number of carbonyl (C=O) groups is 1. The number of nitrogens with zero attached hydrogens (tertiary/aromatic N) is 1. The third-order valence-corrected chi connectivity index (χ3v) is 3.43. The molecular weight excluding hydrogens is 300 g/mol. The maximum absolute atomic E-state index is 11.5. The molecule has 1 aromatic carbocycles. The zero-order chi connectivity index (χ0) is 17.0. The highest BCUT2D eigenvalue weighted by Gasteiger charge is 2.21. The summed E-state index contributed by atoms with van der Waals surface area (Å²) in [5, 5.41) is 9.68. The normalized spacial score (nSPS) is 10.3. The summed E-state index contributed by atoms with van der Waals surface area (Å²) in [6.45, 7) is -0.403. The lowest BCUT2D eigenvalue weighted by atomic mass is 9.97. The Morgan fingerprint density at radius 1 is 1.17 bits per heavy atom. The molecule has 2 rings (SSSR count). The molecule has 0 aliphatic heterocycles. The van der Waals surface area contributed by atoms with E-state index in [4.69, 9.17) is 19.9 Å². The number of benzene rings is 1. The fourth-order valence-corrected chi connectivity index (χ4v) is 2.37. The highest BCUT2D eigenvalue weighted by molar-refractivity contribution is 5.95. The maximum atomic E-state index is 11.5. The summed E-state index contributed by atoms with van der Waals surface area (Å²) in [7, 11) is 4.55. The Morgan fingerprint density at radius 3 is 2.22 bits per heavy atom. The molecule has 0 saturated heterocycles. The van der Waals surface area contributed by atoms with E-state index >= 15 is 0 Å². The Bertz CT molecular complexity index is 705. The zero-order valence-corrected chi connectivity index (χ0v) is 13.1. The van der Waals surface area contributed by atoms with Gasteiger partial charge in [0, 0.05) is 23.9 Å². The van der Waals surface area contributed by atoms with E-state index in [1.807, 2.05) is 0 Å². The van der Waals surface area contributed by atoms with E-state index in [0.717, 1.165) is 0 Å². The van der Waals surface area contributed by atoms with E-state index < -0.39 is 12.5 Å². The van der Waals surface area contributed by atoms with Crippen LogP contribution in [0.1, 0.15) is 16.1 Å². The van der Waals surface area contributed by atoms with E-state index in [0.29, 0.717) is 33.9 Å². The van der Waals surface area contributed by atoms with Gasteiger partial charge in [-0.1, -0.05) is 0 Å². The van der Waals surface area contributed by atoms with Gasteiger partial charge in [0.05, 0.1) is 33.5 Å². The van der Waals surface area contributed by atoms with Crippen LogP contribution in [0.4, 0.5) is 0 Å². The molecule has 1 amide bonds. The van der Waals surface area contributed by atoms with Crippen molar-refractivity contribution in [3.05, 3.63) is 35.7 Å². The number of hydrogen-bond donors (Lipinski definition) is 2. The molecule has 0 aliphatic carbocycles. The molecular formula is C16H18N2O5. The van der Waals surface area contributed by atoms with Crippen LogP contribution in [0, 0.1) is 0 Å². The van der Waals surface area contributed by atoms with Gasteiger partial charge in [-0.15, -0.1) is 0 Å². The van der Waals surface area contributed by atoms with E-state index in [1.165, 1.54) is 27.5 Å². The first-order valence-corrected chi connectivity index (χ1v) is 6.76. The average Bonchev–Trinajstić information content (AvgIpc) is 2.59. The Hall–Kier alpha value is -2.80. The number of rotatable bonds is 6. The summed E-state index contributed by atoms with van der Waals surface area (Å²) in [5.41, 5.74) is 6.76. The minimum atomic E-state index is -0.720. The van der Waals surface area contributed by atoms with Gasteiger partial charge in [0.15, 0.2) is 0 Å². The van der Waals surface area contributed by atoms with Crippen LogP contribution in [-0.2, 0) is 6.61 Å². The number of aliphatic hydroxyl groups is 1. The number of pyridine rings is 1. The minimum absolute atomic E-state index is 0.00456. The number of aromatic nitrogens is 1. The second-order valence-corrected chi connectivity index (χ2v) is 4.61. The van der Waals surface area contributed by atoms with Gasteiger partial charge in [0.2, 0.25) is 0 Å². The molecule has 0 saturated carbocycles. The van der Waals surface area contributed by atoms with Crippen molar-refractivity contribution in [2.75, 3.05) is 21.3 Å². The van der Waals surface area contributed by atoms with Crippen LogP contribution in [0.5, 0.6) is 17.2 Å². The lowest BCUT2D eigenvalue weighted by Gasteiger charge is -2.18. The molecule has 0 aliphatic rings.